The molecule has 4 nitrogen and oxygen atoms in total. The molecule has 86 valence electrons. The van der Waals surface area contributed by atoms with E-state index in [1.165, 1.54) is 4.90 Å². The fourth-order valence-corrected chi connectivity index (χ4v) is 1.65. The Hall–Kier alpha value is -1.84. The third kappa shape index (κ3) is 2.21. The molecule has 1 amide bonds. The second-order valence-electron chi connectivity index (χ2n) is 3.63. The van der Waals surface area contributed by atoms with E-state index in [2.05, 4.69) is 0 Å². The Balaban J connectivity index is 3.18. The number of aldehydes is 1. The number of aryl methyl sites for hydroxylation is 2. The van der Waals surface area contributed by atoms with Crippen LogP contribution in [0.5, 0.6) is 5.75 Å². The summed E-state index contributed by atoms with van der Waals surface area (Å²) in [6.07, 6.45) is 0.300. The monoisotopic (exact) mass is 221 g/mol. The van der Waals surface area contributed by atoms with Gasteiger partial charge in [-0.1, -0.05) is 0 Å². The number of methoxy groups -OCH3 is 1. The lowest BCUT2D eigenvalue weighted by Gasteiger charge is -2.17. The molecule has 1 aromatic rings. The van der Waals surface area contributed by atoms with Gasteiger partial charge in [0.25, 0.3) is 5.91 Å². The van der Waals surface area contributed by atoms with Crippen molar-refractivity contribution in [2.45, 2.75) is 13.8 Å². The van der Waals surface area contributed by atoms with Crippen LogP contribution in [0.25, 0.3) is 0 Å². The molecule has 0 saturated carbocycles. The van der Waals surface area contributed by atoms with Gasteiger partial charge in [-0.15, -0.1) is 0 Å². The van der Waals surface area contributed by atoms with Crippen molar-refractivity contribution in [2.75, 3.05) is 19.1 Å². The van der Waals surface area contributed by atoms with E-state index in [4.69, 9.17) is 4.74 Å². The predicted molar refractivity (Wildman–Crippen MR) is 61.9 cm³/mol. The Morgan fingerprint density at radius 2 is 1.81 bits per heavy atom. The van der Waals surface area contributed by atoms with Gasteiger partial charge in [0.2, 0.25) is 6.29 Å². The van der Waals surface area contributed by atoms with Crippen LogP contribution in [0.1, 0.15) is 11.1 Å². The zero-order valence-electron chi connectivity index (χ0n) is 9.90. The second kappa shape index (κ2) is 4.79. The standard InChI is InChI=1S/C12H15NO3/c1-8-5-10(13(3)11(15)7-14)6-9(2)12(8)16-4/h5-7H,1-4H3. The van der Waals surface area contributed by atoms with Crippen LogP contribution in [-0.2, 0) is 9.59 Å². The van der Waals surface area contributed by atoms with E-state index >= 15 is 0 Å². The van der Waals surface area contributed by atoms with Crippen molar-refractivity contribution in [2.24, 2.45) is 0 Å². The summed E-state index contributed by atoms with van der Waals surface area (Å²) in [6, 6.07) is 3.63. The Kier molecular flexibility index (Phi) is 3.66. The Morgan fingerprint density at radius 3 is 2.19 bits per heavy atom. The molecule has 0 aromatic heterocycles. The number of hydrogen-bond acceptors (Lipinski definition) is 3. The molecule has 0 fully saturated rings. The van der Waals surface area contributed by atoms with E-state index in [9.17, 15) is 9.59 Å². The van der Waals surface area contributed by atoms with E-state index < -0.39 is 5.91 Å². The zero-order chi connectivity index (χ0) is 12.3. The van der Waals surface area contributed by atoms with Gasteiger partial charge < -0.3 is 9.64 Å². The quantitative estimate of drug-likeness (QED) is 0.573. The van der Waals surface area contributed by atoms with Crippen molar-refractivity contribution >= 4 is 17.9 Å². The molecular formula is C12H15NO3. The molecule has 0 aliphatic heterocycles. The largest absolute Gasteiger partial charge is 0.496 e. The van der Waals surface area contributed by atoms with Crippen molar-refractivity contribution < 1.29 is 14.3 Å². The summed E-state index contributed by atoms with van der Waals surface area (Å²) in [5.41, 5.74) is 2.55. The molecule has 0 radical (unpaired) electrons. The van der Waals surface area contributed by atoms with Crippen LogP contribution in [0, 0.1) is 13.8 Å². The van der Waals surface area contributed by atoms with Crippen LogP contribution < -0.4 is 9.64 Å². The van der Waals surface area contributed by atoms with Crippen molar-refractivity contribution in [3.8, 4) is 5.75 Å². The molecule has 0 heterocycles. The fourth-order valence-electron chi connectivity index (χ4n) is 1.65. The lowest BCUT2D eigenvalue weighted by molar-refractivity contribution is -0.129. The molecule has 0 bridgehead atoms. The minimum Gasteiger partial charge on any atom is -0.496 e. The number of likely N-dealkylation sites (N-methyl/N-ethyl adjacent to an activating group) is 1. The first-order chi connectivity index (χ1) is 7.51. The molecule has 4 heteroatoms. The number of hydrogen-bond donors (Lipinski definition) is 0. The van der Waals surface area contributed by atoms with Crippen LogP contribution in [-0.4, -0.2) is 26.4 Å². The highest BCUT2D eigenvalue weighted by Crippen LogP contribution is 2.28. The summed E-state index contributed by atoms with van der Waals surface area (Å²) < 4.78 is 5.22. The molecule has 0 spiro atoms. The summed E-state index contributed by atoms with van der Waals surface area (Å²) in [4.78, 5) is 22.9. The highest BCUT2D eigenvalue weighted by Gasteiger charge is 2.12. The second-order valence-corrected chi connectivity index (χ2v) is 3.63. The first-order valence-corrected chi connectivity index (χ1v) is 4.89. The van der Waals surface area contributed by atoms with Gasteiger partial charge in [0.15, 0.2) is 0 Å². The van der Waals surface area contributed by atoms with Crippen molar-refractivity contribution in [1.82, 2.24) is 0 Å². The van der Waals surface area contributed by atoms with Gasteiger partial charge in [0, 0.05) is 12.7 Å². The Labute approximate surface area is 94.8 Å². The Bertz CT molecular complexity index is 403. The molecule has 1 aromatic carbocycles. The first kappa shape index (κ1) is 12.2. The number of nitrogens with zero attached hydrogens (tertiary/aromatic N) is 1. The summed E-state index contributed by atoms with van der Waals surface area (Å²) in [7, 11) is 3.17. The number of carbonyl (C=O) groups excluding carboxylic acids is 2. The van der Waals surface area contributed by atoms with Crippen LogP contribution in [0.4, 0.5) is 5.69 Å². The lowest BCUT2D eigenvalue weighted by Crippen LogP contribution is -2.27. The molecule has 0 atom stereocenters. The first-order valence-electron chi connectivity index (χ1n) is 4.89. The zero-order valence-corrected chi connectivity index (χ0v) is 9.90. The summed E-state index contributed by atoms with van der Waals surface area (Å²) in [6.45, 7) is 3.79. The van der Waals surface area contributed by atoms with Gasteiger partial charge in [-0.3, -0.25) is 9.59 Å². The minimum absolute atomic E-state index is 0.300. The lowest BCUT2D eigenvalue weighted by atomic mass is 10.1. The summed E-state index contributed by atoms with van der Waals surface area (Å²) >= 11 is 0. The fraction of sp³-hybridized carbons (Fsp3) is 0.333. The molecular weight excluding hydrogens is 206 g/mol. The van der Waals surface area contributed by atoms with Crippen molar-refractivity contribution in [1.29, 1.82) is 0 Å². The highest BCUT2D eigenvalue weighted by atomic mass is 16.5. The maximum Gasteiger partial charge on any atom is 0.290 e. The maximum atomic E-state index is 11.2. The molecule has 0 unspecified atom stereocenters. The number of amides is 1. The maximum absolute atomic E-state index is 11.2. The van der Waals surface area contributed by atoms with Crippen LogP contribution >= 0.6 is 0 Å². The van der Waals surface area contributed by atoms with Gasteiger partial charge >= 0.3 is 0 Å². The van der Waals surface area contributed by atoms with E-state index in [1.807, 2.05) is 26.0 Å². The van der Waals surface area contributed by atoms with E-state index in [-0.39, 0.29) is 0 Å². The van der Waals surface area contributed by atoms with Gasteiger partial charge in [-0.25, -0.2) is 0 Å². The molecule has 1 rings (SSSR count). The Morgan fingerprint density at radius 1 is 1.31 bits per heavy atom. The normalized spacial score (nSPS) is 9.75. The van der Waals surface area contributed by atoms with Gasteiger partial charge in [-0.05, 0) is 37.1 Å². The number of anilines is 1. The van der Waals surface area contributed by atoms with Gasteiger partial charge in [-0.2, -0.15) is 0 Å². The SMILES string of the molecule is COc1c(C)cc(N(C)C(=O)C=O)cc1C. The van der Waals surface area contributed by atoms with Crippen LogP contribution in [0.3, 0.4) is 0 Å². The summed E-state index contributed by atoms with van der Waals surface area (Å²) in [5.74, 6) is 0.236. The molecule has 0 aliphatic rings. The summed E-state index contributed by atoms with van der Waals surface area (Å²) in [5, 5.41) is 0. The van der Waals surface area contributed by atoms with E-state index in [0.717, 1.165) is 16.9 Å². The van der Waals surface area contributed by atoms with Gasteiger partial charge in [0.05, 0.1) is 7.11 Å². The average Bonchev–Trinajstić information content (AvgIpc) is 2.26. The van der Waals surface area contributed by atoms with Gasteiger partial charge in [0.1, 0.15) is 5.75 Å². The molecule has 0 N–H and O–H groups in total. The van der Waals surface area contributed by atoms with E-state index in [0.29, 0.717) is 12.0 Å². The predicted octanol–water partition coefficient (Wildman–Crippen LogP) is 1.47. The molecule has 16 heavy (non-hydrogen) atoms. The topological polar surface area (TPSA) is 46.6 Å². The third-order valence-electron chi connectivity index (χ3n) is 2.47. The number of ether oxygens (including phenoxy) is 1. The van der Waals surface area contributed by atoms with Crippen LogP contribution in [0.15, 0.2) is 12.1 Å². The van der Waals surface area contributed by atoms with Crippen molar-refractivity contribution in [3.05, 3.63) is 23.3 Å². The molecule has 0 saturated heterocycles. The van der Waals surface area contributed by atoms with E-state index in [1.54, 1.807) is 14.2 Å². The highest BCUT2D eigenvalue weighted by molar-refractivity contribution is 6.30. The smallest absolute Gasteiger partial charge is 0.290 e. The number of carbonyl (C=O) groups is 2. The van der Waals surface area contributed by atoms with Crippen molar-refractivity contribution in [3.63, 3.8) is 0 Å². The number of rotatable bonds is 3. The average molecular weight is 221 g/mol. The molecule has 0 aliphatic carbocycles. The minimum atomic E-state index is -0.566. The third-order valence-corrected chi connectivity index (χ3v) is 2.47. The number of benzene rings is 1. The van der Waals surface area contributed by atoms with Crippen LogP contribution in [0.2, 0.25) is 0 Å².